The lowest BCUT2D eigenvalue weighted by Crippen LogP contribution is -2.64. The van der Waals surface area contributed by atoms with Gasteiger partial charge in [0.25, 0.3) is 5.91 Å². The number of amides is 1. The number of guanidine groups is 1. The summed E-state index contributed by atoms with van der Waals surface area (Å²) in [5, 5.41) is 7.50. The summed E-state index contributed by atoms with van der Waals surface area (Å²) in [7, 11) is 0.0666. The normalized spacial score (nSPS) is 26.4. The summed E-state index contributed by atoms with van der Waals surface area (Å²) in [5.74, 6) is 0.954. The van der Waals surface area contributed by atoms with Gasteiger partial charge < -0.3 is 10.2 Å². The van der Waals surface area contributed by atoms with Crippen molar-refractivity contribution in [3.05, 3.63) is 41.7 Å². The lowest BCUT2D eigenvalue weighted by Gasteiger charge is -2.53. The van der Waals surface area contributed by atoms with Gasteiger partial charge in [-0.05, 0) is 70.3 Å². The van der Waals surface area contributed by atoms with Gasteiger partial charge in [-0.3, -0.25) is 14.4 Å². The number of aliphatic imine (C=N–C) groups is 1. The van der Waals surface area contributed by atoms with Crippen LogP contribution in [0.3, 0.4) is 0 Å². The number of aromatic nitrogens is 2. The molecule has 0 saturated heterocycles. The summed E-state index contributed by atoms with van der Waals surface area (Å²) in [6.45, 7) is 3.79. The zero-order valence-electron chi connectivity index (χ0n) is 20.3. The first-order valence-corrected chi connectivity index (χ1v) is 13.6. The van der Waals surface area contributed by atoms with E-state index in [9.17, 15) is 13.2 Å². The van der Waals surface area contributed by atoms with Crippen LogP contribution >= 0.6 is 0 Å². The number of aryl methyl sites for hydroxylation is 1. The molecule has 2 saturated carbocycles. The number of carbonyl (C=O) groups is 1. The molecule has 1 aromatic carbocycles. The Balaban J connectivity index is 1.40. The van der Waals surface area contributed by atoms with Crippen LogP contribution < -0.4 is 14.9 Å². The van der Waals surface area contributed by atoms with Gasteiger partial charge in [-0.15, -0.1) is 0 Å². The van der Waals surface area contributed by atoms with Crippen LogP contribution in [-0.4, -0.2) is 66.2 Å². The van der Waals surface area contributed by atoms with E-state index >= 15 is 0 Å². The maximum atomic E-state index is 13.8. The summed E-state index contributed by atoms with van der Waals surface area (Å²) in [6.07, 6.45) is 7.19. The Morgan fingerprint density at radius 2 is 2.00 bits per heavy atom. The third kappa shape index (κ3) is 3.68. The zero-order valence-corrected chi connectivity index (χ0v) is 21.1. The molecule has 2 N–H and O–H groups in total. The van der Waals surface area contributed by atoms with Crippen molar-refractivity contribution in [3.8, 4) is 0 Å². The van der Waals surface area contributed by atoms with Gasteiger partial charge in [-0.1, -0.05) is 0 Å². The van der Waals surface area contributed by atoms with Crippen LogP contribution in [0.4, 0.5) is 5.69 Å². The molecular weight excluding hydrogens is 466 g/mol. The maximum absolute atomic E-state index is 13.8. The van der Waals surface area contributed by atoms with Gasteiger partial charge in [0.1, 0.15) is 0 Å². The van der Waals surface area contributed by atoms with Crippen LogP contribution in [0.25, 0.3) is 0 Å². The number of carbonyl (C=O) groups excluding carboxylic acids is 1. The first kappa shape index (κ1) is 22.7. The Kier molecular flexibility index (Phi) is 4.94. The second-order valence-corrected chi connectivity index (χ2v) is 12.4. The molecule has 186 valence electrons. The van der Waals surface area contributed by atoms with Crippen molar-refractivity contribution < 1.29 is 13.2 Å². The maximum Gasteiger partial charge on any atom is 0.263 e. The molecule has 0 unspecified atom stereocenters. The summed E-state index contributed by atoms with van der Waals surface area (Å²) in [4.78, 5) is 22.6. The van der Waals surface area contributed by atoms with Crippen molar-refractivity contribution in [2.24, 2.45) is 18.0 Å². The molecule has 2 aromatic rings. The van der Waals surface area contributed by atoms with Crippen molar-refractivity contribution in [2.45, 2.75) is 55.1 Å². The summed E-state index contributed by atoms with van der Waals surface area (Å²) >= 11 is 0. The number of nitrogens with zero attached hydrogens (tertiary/aromatic N) is 5. The molecule has 2 aliphatic carbocycles. The number of hydrogen-bond acceptors (Lipinski definition) is 7. The highest BCUT2D eigenvalue weighted by molar-refractivity contribution is 7.89. The van der Waals surface area contributed by atoms with Crippen molar-refractivity contribution in [1.29, 1.82) is 0 Å². The molecule has 3 heterocycles. The van der Waals surface area contributed by atoms with Crippen molar-refractivity contribution in [1.82, 2.24) is 24.7 Å². The molecule has 11 heteroatoms. The van der Waals surface area contributed by atoms with Crippen molar-refractivity contribution in [2.75, 3.05) is 25.0 Å². The number of sulfonamides is 1. The van der Waals surface area contributed by atoms with E-state index in [1.54, 1.807) is 27.9 Å². The fourth-order valence-electron chi connectivity index (χ4n) is 5.74. The molecule has 0 radical (unpaired) electrons. The third-order valence-corrected chi connectivity index (χ3v) is 9.37. The molecule has 0 atom stereocenters. The Labute approximate surface area is 205 Å². The first-order chi connectivity index (χ1) is 16.6. The van der Waals surface area contributed by atoms with Gasteiger partial charge in [-0.2, -0.15) is 5.10 Å². The topological polar surface area (TPSA) is 112 Å². The van der Waals surface area contributed by atoms with Crippen LogP contribution in [0, 0.1) is 5.92 Å². The average Bonchev–Trinajstić information content (AvgIpc) is 3.17. The number of rotatable bonds is 7. The lowest BCUT2D eigenvalue weighted by atomic mass is 9.67. The lowest BCUT2D eigenvalue weighted by molar-refractivity contribution is 0.0825. The largest absolute Gasteiger partial charge is 0.319 e. The van der Waals surface area contributed by atoms with Gasteiger partial charge in [0.2, 0.25) is 16.0 Å². The van der Waals surface area contributed by atoms with Crippen LogP contribution in [0.2, 0.25) is 0 Å². The molecule has 35 heavy (non-hydrogen) atoms. The Bertz CT molecular complexity index is 1340. The molecule has 0 bridgehead atoms. The average molecular weight is 498 g/mol. The van der Waals surface area contributed by atoms with E-state index in [1.807, 2.05) is 27.2 Å². The Morgan fingerprint density at radius 3 is 2.66 bits per heavy atom. The van der Waals surface area contributed by atoms with Gasteiger partial charge in [0, 0.05) is 24.3 Å². The van der Waals surface area contributed by atoms with E-state index in [4.69, 9.17) is 4.99 Å². The number of fused-ring (bicyclic) bond motifs is 4. The molecule has 1 amide bonds. The van der Waals surface area contributed by atoms with E-state index < -0.39 is 15.6 Å². The summed E-state index contributed by atoms with van der Waals surface area (Å²) in [5.41, 5.74) is 1.46. The Hall–Kier alpha value is -2.76. The fourth-order valence-corrected chi connectivity index (χ4v) is 7.23. The van der Waals surface area contributed by atoms with Crippen LogP contribution in [0.5, 0.6) is 0 Å². The van der Waals surface area contributed by atoms with E-state index in [1.165, 1.54) is 6.07 Å². The molecule has 1 spiro atoms. The number of nitrogens with one attached hydrogen (secondary N) is 2. The van der Waals surface area contributed by atoms with Crippen LogP contribution in [0.15, 0.2) is 40.5 Å². The molecule has 1 aromatic heterocycles. The minimum atomic E-state index is -3.74. The van der Waals surface area contributed by atoms with Gasteiger partial charge in [-0.25, -0.2) is 18.1 Å². The van der Waals surface area contributed by atoms with Crippen molar-refractivity contribution in [3.63, 3.8) is 0 Å². The molecule has 4 aliphatic rings. The molecular formula is C24H31N7O3S. The minimum Gasteiger partial charge on any atom is -0.319 e. The van der Waals surface area contributed by atoms with Crippen LogP contribution in [-0.2, 0) is 23.6 Å². The van der Waals surface area contributed by atoms with Crippen molar-refractivity contribution >= 4 is 27.6 Å². The minimum absolute atomic E-state index is 0.120. The van der Waals surface area contributed by atoms with Crippen LogP contribution in [0.1, 0.15) is 48.5 Å². The molecule has 10 nitrogen and oxygen atoms in total. The highest BCUT2D eigenvalue weighted by Gasteiger charge is 2.56. The van der Waals surface area contributed by atoms with E-state index in [0.717, 1.165) is 43.5 Å². The number of benzene rings is 1. The second kappa shape index (κ2) is 7.62. The molecule has 2 aliphatic heterocycles. The number of hydrogen-bond donors (Lipinski definition) is 2. The van der Waals surface area contributed by atoms with E-state index in [-0.39, 0.29) is 16.3 Å². The smallest absolute Gasteiger partial charge is 0.263 e. The van der Waals surface area contributed by atoms with E-state index in [0.29, 0.717) is 30.5 Å². The quantitative estimate of drug-likeness (QED) is 0.599. The summed E-state index contributed by atoms with van der Waals surface area (Å²) < 4.78 is 30.7. The zero-order chi connectivity index (χ0) is 24.6. The van der Waals surface area contributed by atoms with Gasteiger partial charge in [0.15, 0.2) is 0 Å². The first-order valence-electron chi connectivity index (χ1n) is 12.1. The highest BCUT2D eigenvalue weighted by Crippen LogP contribution is 2.50. The predicted molar refractivity (Wildman–Crippen MR) is 132 cm³/mol. The van der Waals surface area contributed by atoms with Gasteiger partial charge >= 0.3 is 0 Å². The molecule has 2 fully saturated rings. The third-order valence-electron chi connectivity index (χ3n) is 7.74. The van der Waals surface area contributed by atoms with Gasteiger partial charge in [0.05, 0.1) is 41.0 Å². The second-order valence-electron chi connectivity index (χ2n) is 10.8. The monoisotopic (exact) mass is 497 g/mol. The predicted octanol–water partition coefficient (Wildman–Crippen LogP) is 1.45. The number of anilines is 1. The summed E-state index contributed by atoms with van der Waals surface area (Å²) in [6, 6.07) is 4.94. The SMILES string of the molecule is CNCC1CC2(CN=C3N(Cc4cnn(C)c4)C(=O)c4cc(S(=O)(=O)NC5(C)CC5)ccc4N32)C1. The van der Waals surface area contributed by atoms with E-state index in [2.05, 4.69) is 20.0 Å². The Morgan fingerprint density at radius 1 is 1.23 bits per heavy atom. The molecule has 6 rings (SSSR count). The standard InChI is InChI=1S/C24H31N7O3S/c1-23(6-7-23)28-35(33,34)18-4-5-20-19(8-18)21(32)30(14-17-12-27-29(3)13-17)22-26-15-24(31(20)22)9-16(10-24)11-25-2/h4-5,8,12-13,16,25,28H,6-7,9-11,14-15H2,1-3H3. The fraction of sp³-hybridized carbons (Fsp3) is 0.542. The highest BCUT2D eigenvalue weighted by atomic mass is 32.2.